The molecule has 0 saturated carbocycles. The predicted molar refractivity (Wildman–Crippen MR) is 92.2 cm³/mol. The van der Waals surface area contributed by atoms with Gasteiger partial charge in [-0.05, 0) is 36.9 Å². The van der Waals surface area contributed by atoms with E-state index in [1.807, 2.05) is 12.3 Å². The maximum Gasteiger partial charge on any atom is 0.269 e. The Morgan fingerprint density at radius 3 is 2.70 bits per heavy atom. The molecular weight excluding hydrogens is 336 g/mol. The maximum absolute atomic E-state index is 12.4. The van der Waals surface area contributed by atoms with Crippen LogP contribution >= 0.6 is 23.4 Å². The maximum atomic E-state index is 12.4. The van der Waals surface area contributed by atoms with E-state index in [9.17, 15) is 14.9 Å². The molecular formula is C16H15ClN2O3S. The van der Waals surface area contributed by atoms with Crippen LogP contribution in [0.1, 0.15) is 28.9 Å². The third kappa shape index (κ3) is 4.24. The summed E-state index contributed by atoms with van der Waals surface area (Å²) < 4.78 is 0. The summed E-state index contributed by atoms with van der Waals surface area (Å²) in [6, 6.07) is 11.1. The molecule has 1 atom stereocenters. The molecule has 2 rings (SSSR count). The number of hydrogen-bond acceptors (Lipinski definition) is 4. The molecule has 0 aliphatic carbocycles. The molecule has 0 bridgehead atoms. The monoisotopic (exact) mass is 350 g/mol. The second kappa shape index (κ2) is 7.48. The highest BCUT2D eigenvalue weighted by Gasteiger charge is 2.16. The number of carbonyl (C=O) groups excluding carboxylic acids is 1. The summed E-state index contributed by atoms with van der Waals surface area (Å²) in [5.41, 5.74) is 1.03. The van der Waals surface area contributed by atoms with E-state index in [0.29, 0.717) is 16.1 Å². The van der Waals surface area contributed by atoms with E-state index < -0.39 is 4.92 Å². The number of hydrogen-bond donors (Lipinski definition) is 1. The summed E-state index contributed by atoms with van der Waals surface area (Å²) in [7, 11) is 0. The van der Waals surface area contributed by atoms with Gasteiger partial charge in [-0.1, -0.05) is 23.7 Å². The van der Waals surface area contributed by atoms with Crippen LogP contribution in [0.4, 0.5) is 5.69 Å². The molecule has 7 heteroatoms. The first-order valence-corrected chi connectivity index (χ1v) is 8.41. The molecule has 0 saturated heterocycles. The van der Waals surface area contributed by atoms with Crippen molar-refractivity contribution in [3.63, 3.8) is 0 Å². The number of rotatable bonds is 5. The Balaban J connectivity index is 2.20. The minimum absolute atomic E-state index is 0.00832. The van der Waals surface area contributed by atoms with Crippen molar-refractivity contribution in [3.8, 4) is 0 Å². The summed E-state index contributed by atoms with van der Waals surface area (Å²) in [5.74, 6) is -0.315. The average Bonchev–Trinajstić information content (AvgIpc) is 2.55. The molecule has 0 aromatic heterocycles. The summed E-state index contributed by atoms with van der Waals surface area (Å²) in [5, 5.41) is 14.0. The fraction of sp³-hybridized carbons (Fsp3) is 0.188. The third-order valence-electron chi connectivity index (χ3n) is 3.35. The number of nitrogens with zero attached hydrogens (tertiary/aromatic N) is 1. The topological polar surface area (TPSA) is 72.2 Å². The lowest BCUT2D eigenvalue weighted by molar-refractivity contribution is -0.384. The molecule has 5 nitrogen and oxygen atoms in total. The van der Waals surface area contributed by atoms with E-state index in [4.69, 9.17) is 11.6 Å². The highest BCUT2D eigenvalue weighted by atomic mass is 35.5. The zero-order valence-corrected chi connectivity index (χ0v) is 14.1. The number of amides is 1. The lowest BCUT2D eigenvalue weighted by atomic mass is 10.1. The Bertz CT molecular complexity index is 752. The van der Waals surface area contributed by atoms with Gasteiger partial charge in [0, 0.05) is 17.0 Å². The Labute approximate surface area is 143 Å². The van der Waals surface area contributed by atoms with Gasteiger partial charge in [-0.25, -0.2) is 0 Å². The average molecular weight is 351 g/mol. The zero-order valence-electron chi connectivity index (χ0n) is 12.6. The molecule has 2 aromatic rings. The van der Waals surface area contributed by atoms with Gasteiger partial charge in [-0.3, -0.25) is 14.9 Å². The molecule has 0 radical (unpaired) electrons. The van der Waals surface area contributed by atoms with Gasteiger partial charge in [-0.2, -0.15) is 0 Å². The van der Waals surface area contributed by atoms with E-state index >= 15 is 0 Å². The van der Waals surface area contributed by atoms with Crippen LogP contribution in [0.2, 0.25) is 5.02 Å². The summed E-state index contributed by atoms with van der Waals surface area (Å²) in [6.07, 6.45) is 1.91. The van der Waals surface area contributed by atoms with Crippen LogP contribution in [-0.2, 0) is 0 Å². The number of thioether (sulfide) groups is 1. The number of benzene rings is 2. The molecule has 0 aliphatic rings. The van der Waals surface area contributed by atoms with Crippen LogP contribution in [0.15, 0.2) is 47.4 Å². The van der Waals surface area contributed by atoms with E-state index in [1.165, 1.54) is 23.9 Å². The van der Waals surface area contributed by atoms with Crippen LogP contribution in [0.3, 0.4) is 0 Å². The third-order valence-corrected chi connectivity index (χ3v) is 4.40. The molecule has 1 amide bonds. The minimum Gasteiger partial charge on any atom is -0.345 e. The molecule has 0 fully saturated rings. The summed E-state index contributed by atoms with van der Waals surface area (Å²) in [4.78, 5) is 23.7. The lowest BCUT2D eigenvalue weighted by Gasteiger charge is -2.15. The van der Waals surface area contributed by atoms with Gasteiger partial charge >= 0.3 is 0 Å². The molecule has 120 valence electrons. The van der Waals surface area contributed by atoms with Crippen molar-refractivity contribution in [2.45, 2.75) is 17.9 Å². The summed E-state index contributed by atoms with van der Waals surface area (Å²) in [6.45, 7) is 1.77. The summed E-state index contributed by atoms with van der Waals surface area (Å²) >= 11 is 7.60. The van der Waals surface area contributed by atoms with Gasteiger partial charge in [-0.15, -0.1) is 11.8 Å². The van der Waals surface area contributed by atoms with Crippen molar-refractivity contribution < 1.29 is 9.72 Å². The van der Waals surface area contributed by atoms with Gasteiger partial charge in [0.25, 0.3) is 11.6 Å². The Morgan fingerprint density at radius 2 is 2.04 bits per heavy atom. The number of carbonyl (C=O) groups is 1. The van der Waals surface area contributed by atoms with Crippen LogP contribution in [0, 0.1) is 10.1 Å². The number of nitro groups is 1. The lowest BCUT2D eigenvalue weighted by Crippen LogP contribution is -2.27. The van der Waals surface area contributed by atoms with Crippen molar-refractivity contribution in [3.05, 3.63) is 68.7 Å². The SMILES string of the molecule is CSc1ccc(Cl)c(C(=O)NC(C)c2cccc([N+](=O)[O-])c2)c1. The van der Waals surface area contributed by atoms with Crippen LogP contribution < -0.4 is 5.32 Å². The molecule has 2 aromatic carbocycles. The van der Waals surface area contributed by atoms with Gasteiger partial charge in [0.2, 0.25) is 0 Å². The van der Waals surface area contributed by atoms with Crippen molar-refractivity contribution in [2.24, 2.45) is 0 Å². The smallest absolute Gasteiger partial charge is 0.269 e. The highest BCUT2D eigenvalue weighted by Crippen LogP contribution is 2.24. The van der Waals surface area contributed by atoms with Crippen LogP contribution in [-0.4, -0.2) is 17.1 Å². The Kier molecular flexibility index (Phi) is 5.63. The number of nitro benzene ring substituents is 1. The van der Waals surface area contributed by atoms with E-state index in [2.05, 4.69) is 5.32 Å². The normalized spacial score (nSPS) is 11.8. The van der Waals surface area contributed by atoms with E-state index in [1.54, 1.807) is 31.2 Å². The highest BCUT2D eigenvalue weighted by molar-refractivity contribution is 7.98. The fourth-order valence-corrected chi connectivity index (χ4v) is 2.71. The zero-order chi connectivity index (χ0) is 17.0. The Morgan fingerprint density at radius 1 is 1.30 bits per heavy atom. The van der Waals surface area contributed by atoms with Crippen LogP contribution in [0.25, 0.3) is 0 Å². The van der Waals surface area contributed by atoms with Crippen molar-refractivity contribution in [2.75, 3.05) is 6.26 Å². The number of halogens is 1. The first-order chi connectivity index (χ1) is 10.9. The second-order valence-corrected chi connectivity index (χ2v) is 6.18. The van der Waals surface area contributed by atoms with E-state index in [-0.39, 0.29) is 17.6 Å². The van der Waals surface area contributed by atoms with Gasteiger partial charge in [0.15, 0.2) is 0 Å². The van der Waals surface area contributed by atoms with Gasteiger partial charge in [0.1, 0.15) is 0 Å². The van der Waals surface area contributed by atoms with Crippen LogP contribution in [0.5, 0.6) is 0 Å². The minimum atomic E-state index is -0.461. The molecule has 0 spiro atoms. The van der Waals surface area contributed by atoms with Crippen molar-refractivity contribution in [1.29, 1.82) is 0 Å². The predicted octanol–water partition coefficient (Wildman–Crippen LogP) is 4.46. The van der Waals surface area contributed by atoms with Gasteiger partial charge in [0.05, 0.1) is 21.6 Å². The molecule has 1 unspecified atom stereocenters. The van der Waals surface area contributed by atoms with Crippen molar-refractivity contribution >= 4 is 35.0 Å². The molecule has 0 aliphatic heterocycles. The molecule has 23 heavy (non-hydrogen) atoms. The van der Waals surface area contributed by atoms with Gasteiger partial charge < -0.3 is 5.32 Å². The van der Waals surface area contributed by atoms with Crippen molar-refractivity contribution in [1.82, 2.24) is 5.32 Å². The number of non-ortho nitro benzene ring substituents is 1. The first-order valence-electron chi connectivity index (χ1n) is 6.81. The quantitative estimate of drug-likeness (QED) is 0.491. The second-order valence-electron chi connectivity index (χ2n) is 4.89. The Hall–Kier alpha value is -2.05. The molecule has 1 N–H and O–H groups in total. The standard InChI is InChI=1S/C16H15ClN2O3S/c1-10(11-4-3-5-12(8-11)19(21)22)18-16(20)14-9-13(23-2)6-7-15(14)17/h3-10H,1-2H3,(H,18,20). The first kappa shape index (κ1) is 17.3. The molecule has 0 heterocycles. The largest absolute Gasteiger partial charge is 0.345 e. The fourth-order valence-electron chi connectivity index (χ4n) is 2.07. The number of nitrogens with one attached hydrogen (secondary N) is 1. The van der Waals surface area contributed by atoms with E-state index in [0.717, 1.165) is 4.90 Å².